The summed E-state index contributed by atoms with van der Waals surface area (Å²) in [6.45, 7) is 31.7. The summed E-state index contributed by atoms with van der Waals surface area (Å²) in [5, 5.41) is 0. The normalized spacial score (nSPS) is 13.3. The first-order valence-corrected chi connectivity index (χ1v) is 14.5. The van der Waals surface area contributed by atoms with E-state index in [1.54, 1.807) is 0 Å². The quantitative estimate of drug-likeness (QED) is 0.397. The van der Waals surface area contributed by atoms with E-state index in [1.165, 1.54) is 22.3 Å². The molecule has 0 spiro atoms. The number of rotatable bonds is 5. The molecule has 0 aromatic heterocycles. The molecule has 0 amide bonds. The van der Waals surface area contributed by atoms with Gasteiger partial charge in [0.25, 0.3) is 0 Å². The van der Waals surface area contributed by atoms with Crippen LogP contribution in [0.2, 0.25) is 4.78 Å². The lowest BCUT2D eigenvalue weighted by atomic mass is 9.79. The summed E-state index contributed by atoms with van der Waals surface area (Å²) < 4.78 is 14.4. The van der Waals surface area contributed by atoms with E-state index in [0.29, 0.717) is 4.78 Å². The van der Waals surface area contributed by atoms with Crippen molar-refractivity contribution in [2.24, 2.45) is 0 Å². The first kappa shape index (κ1) is 28.8. The SMILES string of the molecule is C[CH](C)[Al]([O]c1c(C(C)(C)C)cccc1C(C)(C)C)[O]c1c(C(C)(C)C)cccc1C(C)(C)C. The van der Waals surface area contributed by atoms with Crippen LogP contribution in [0, 0.1) is 0 Å². The van der Waals surface area contributed by atoms with E-state index in [1.807, 2.05) is 0 Å². The van der Waals surface area contributed by atoms with Gasteiger partial charge in [-0.25, -0.2) is 0 Å². The van der Waals surface area contributed by atoms with Crippen molar-refractivity contribution in [3.05, 3.63) is 58.7 Å². The molecule has 2 nitrogen and oxygen atoms in total. The fraction of sp³-hybridized carbons (Fsp3) is 0.613. The summed E-state index contributed by atoms with van der Waals surface area (Å²) >= 11 is -2.16. The van der Waals surface area contributed by atoms with Gasteiger partial charge in [0.05, 0.1) is 11.5 Å². The molecule has 0 saturated heterocycles. The first-order chi connectivity index (χ1) is 15.2. The number of para-hydroxylation sites is 2. The predicted octanol–water partition coefficient (Wildman–Crippen LogP) is 9.23. The molecular weight excluding hydrogens is 431 g/mol. The summed E-state index contributed by atoms with van der Waals surface area (Å²) in [4.78, 5) is 0. The minimum absolute atomic E-state index is 0.0214. The van der Waals surface area contributed by atoms with Gasteiger partial charge in [-0.2, -0.15) is 0 Å². The van der Waals surface area contributed by atoms with Gasteiger partial charge in [0, 0.05) is 0 Å². The van der Waals surface area contributed by atoms with Gasteiger partial charge in [-0.05, 0) is 48.7 Å². The van der Waals surface area contributed by atoms with E-state index in [0.717, 1.165) is 11.5 Å². The van der Waals surface area contributed by atoms with Gasteiger partial charge in [0.15, 0.2) is 0 Å². The Balaban J connectivity index is 2.70. The van der Waals surface area contributed by atoms with Crippen LogP contribution in [0.3, 0.4) is 0 Å². The van der Waals surface area contributed by atoms with Crippen molar-refractivity contribution in [2.75, 3.05) is 0 Å². The molecule has 0 aliphatic heterocycles. The third kappa shape index (κ3) is 6.83. The van der Waals surface area contributed by atoms with Crippen molar-refractivity contribution in [1.82, 2.24) is 0 Å². The topological polar surface area (TPSA) is 18.5 Å². The van der Waals surface area contributed by atoms with Gasteiger partial charge in [0.2, 0.25) is 0 Å². The second-order valence-electron chi connectivity index (χ2n) is 14.2. The van der Waals surface area contributed by atoms with Crippen molar-refractivity contribution in [1.29, 1.82) is 0 Å². The van der Waals surface area contributed by atoms with Gasteiger partial charge in [0.1, 0.15) is 0 Å². The van der Waals surface area contributed by atoms with Crippen molar-refractivity contribution in [3.63, 3.8) is 0 Å². The summed E-state index contributed by atoms with van der Waals surface area (Å²) in [6.07, 6.45) is 0. The minimum Gasteiger partial charge on any atom is -0.611 e. The Morgan fingerprint density at radius 3 is 0.912 bits per heavy atom. The minimum atomic E-state index is -2.16. The monoisotopic (exact) mass is 480 g/mol. The highest BCUT2D eigenvalue weighted by Gasteiger charge is 2.42. The number of benzene rings is 2. The Bertz CT molecular complexity index is 834. The predicted molar refractivity (Wildman–Crippen MR) is 150 cm³/mol. The molecule has 3 heteroatoms. The molecule has 0 saturated carbocycles. The van der Waals surface area contributed by atoms with Gasteiger partial charge in [-0.3, -0.25) is 0 Å². The summed E-state index contributed by atoms with van der Waals surface area (Å²) in [5.41, 5.74) is 4.92. The molecule has 0 fully saturated rings. The van der Waals surface area contributed by atoms with E-state index >= 15 is 0 Å². The fourth-order valence-electron chi connectivity index (χ4n) is 4.22. The molecule has 2 rings (SSSR count). The summed E-state index contributed by atoms with van der Waals surface area (Å²) in [6, 6.07) is 13.2. The van der Waals surface area contributed by atoms with Gasteiger partial charge in [-0.15, -0.1) is 0 Å². The molecule has 0 aliphatic rings. The highest BCUT2D eigenvalue weighted by molar-refractivity contribution is 6.48. The molecule has 34 heavy (non-hydrogen) atoms. The lowest BCUT2D eigenvalue weighted by Gasteiger charge is -2.34. The van der Waals surface area contributed by atoms with E-state index in [9.17, 15) is 0 Å². The molecule has 0 N–H and O–H groups in total. The maximum atomic E-state index is 7.05. The van der Waals surface area contributed by atoms with Crippen LogP contribution in [0.15, 0.2) is 36.4 Å². The lowest BCUT2D eigenvalue weighted by molar-refractivity contribution is 0.376. The third-order valence-electron chi connectivity index (χ3n) is 6.27. The van der Waals surface area contributed by atoms with Gasteiger partial charge >= 0.3 is 14.8 Å². The van der Waals surface area contributed by atoms with Crippen molar-refractivity contribution < 1.29 is 7.58 Å². The zero-order chi connectivity index (χ0) is 26.3. The smallest absolute Gasteiger partial charge is 0.611 e. The molecule has 0 unspecified atom stereocenters. The molecule has 2 aromatic carbocycles. The first-order valence-electron chi connectivity index (χ1n) is 12.9. The number of hydrogen-bond acceptors (Lipinski definition) is 2. The Morgan fingerprint density at radius 1 is 0.500 bits per heavy atom. The van der Waals surface area contributed by atoms with Crippen LogP contribution in [0.4, 0.5) is 0 Å². The van der Waals surface area contributed by atoms with Gasteiger partial charge < -0.3 is 7.58 Å². The number of hydrogen-bond donors (Lipinski definition) is 0. The van der Waals surface area contributed by atoms with Crippen LogP contribution in [-0.2, 0) is 21.7 Å². The zero-order valence-electron chi connectivity index (χ0n) is 24.4. The lowest BCUT2D eigenvalue weighted by Crippen LogP contribution is -2.37. The summed E-state index contributed by atoms with van der Waals surface area (Å²) in [5.74, 6) is 2.05. The third-order valence-corrected chi connectivity index (χ3v) is 8.30. The van der Waals surface area contributed by atoms with Crippen LogP contribution in [0.1, 0.15) is 119 Å². The van der Waals surface area contributed by atoms with E-state index in [-0.39, 0.29) is 21.7 Å². The maximum absolute atomic E-state index is 7.05. The fourth-order valence-corrected chi connectivity index (χ4v) is 5.78. The Kier molecular flexibility index (Phi) is 8.40. The Morgan fingerprint density at radius 2 is 0.735 bits per heavy atom. The molecule has 2 aromatic rings. The van der Waals surface area contributed by atoms with E-state index in [2.05, 4.69) is 133 Å². The van der Waals surface area contributed by atoms with Crippen molar-refractivity contribution in [2.45, 2.75) is 123 Å². The molecular formula is C31H49AlO2. The van der Waals surface area contributed by atoms with Crippen LogP contribution < -0.4 is 7.58 Å². The van der Waals surface area contributed by atoms with Crippen LogP contribution >= 0.6 is 0 Å². The highest BCUT2D eigenvalue weighted by Crippen LogP contribution is 2.43. The largest absolute Gasteiger partial charge is 0.859 e. The van der Waals surface area contributed by atoms with Crippen LogP contribution in [0.5, 0.6) is 11.5 Å². The Hall–Kier alpha value is -1.43. The zero-order valence-corrected chi connectivity index (χ0v) is 25.6. The standard InChI is InChI=1S/2C14H22O.C3H7.Al/c2*1-13(2,3)10-8-7-9-11(12(10)15)14(4,5)6;1-3-2;/h2*7-9,15H,1-6H3;3H,1-2H3;/q;;;+2/p-2. The molecule has 188 valence electrons. The summed E-state index contributed by atoms with van der Waals surface area (Å²) in [7, 11) is 0. The molecule has 0 aliphatic carbocycles. The average Bonchev–Trinajstić information content (AvgIpc) is 2.64. The highest BCUT2D eigenvalue weighted by atomic mass is 27.2. The van der Waals surface area contributed by atoms with Crippen molar-refractivity contribution >= 4 is 14.8 Å². The van der Waals surface area contributed by atoms with E-state index < -0.39 is 14.8 Å². The maximum Gasteiger partial charge on any atom is 0.859 e. The van der Waals surface area contributed by atoms with Crippen molar-refractivity contribution in [3.8, 4) is 11.5 Å². The van der Waals surface area contributed by atoms with Gasteiger partial charge in [-0.1, -0.05) is 133 Å². The average molecular weight is 481 g/mol. The Labute approximate surface area is 215 Å². The van der Waals surface area contributed by atoms with Crippen LogP contribution in [0.25, 0.3) is 0 Å². The molecule has 0 heterocycles. The second-order valence-corrected chi connectivity index (χ2v) is 16.8. The molecule has 0 bridgehead atoms. The van der Waals surface area contributed by atoms with Crippen LogP contribution in [-0.4, -0.2) is 14.8 Å². The van der Waals surface area contributed by atoms with E-state index in [4.69, 9.17) is 7.58 Å². The second kappa shape index (κ2) is 9.91. The molecule has 0 radical (unpaired) electrons. The molecule has 0 atom stereocenters.